The van der Waals surface area contributed by atoms with E-state index in [1.807, 2.05) is 26.0 Å². The van der Waals surface area contributed by atoms with Crippen LogP contribution in [0.5, 0.6) is 0 Å². The lowest BCUT2D eigenvalue weighted by molar-refractivity contribution is 0.0939. The third kappa shape index (κ3) is 3.74. The predicted molar refractivity (Wildman–Crippen MR) is 65.4 cm³/mol. The minimum atomic E-state index is 0.0291. The number of hydrogen-bond acceptors (Lipinski definition) is 3. The second kappa shape index (κ2) is 5.75. The van der Waals surface area contributed by atoms with Crippen molar-refractivity contribution in [2.75, 3.05) is 0 Å². The zero-order valence-electron chi connectivity index (χ0n) is 10.4. The van der Waals surface area contributed by atoms with Crippen LogP contribution in [-0.2, 0) is 6.54 Å². The second-order valence-corrected chi connectivity index (χ2v) is 4.59. The van der Waals surface area contributed by atoms with E-state index in [-0.39, 0.29) is 11.7 Å². The van der Waals surface area contributed by atoms with Crippen molar-refractivity contribution in [2.24, 2.45) is 5.92 Å². The van der Waals surface area contributed by atoms with E-state index in [4.69, 9.17) is 0 Å². The van der Waals surface area contributed by atoms with Crippen molar-refractivity contribution in [3.8, 4) is 0 Å². The topological polar surface area (TPSA) is 42.0 Å². The zero-order valence-corrected chi connectivity index (χ0v) is 10.4. The third-order valence-electron chi connectivity index (χ3n) is 2.33. The highest BCUT2D eigenvalue weighted by Gasteiger charge is 2.10. The summed E-state index contributed by atoms with van der Waals surface area (Å²) in [4.78, 5) is 15.9. The van der Waals surface area contributed by atoms with Crippen molar-refractivity contribution in [2.45, 2.75) is 40.3 Å². The molecule has 0 saturated heterocycles. The molecule has 1 rings (SSSR count). The largest absolute Gasteiger partial charge is 0.309 e. The van der Waals surface area contributed by atoms with E-state index in [0.29, 0.717) is 11.6 Å². The summed E-state index contributed by atoms with van der Waals surface area (Å²) in [7, 11) is 0. The van der Waals surface area contributed by atoms with E-state index in [0.717, 1.165) is 12.2 Å². The quantitative estimate of drug-likeness (QED) is 0.775. The molecule has 0 spiro atoms. The predicted octanol–water partition coefficient (Wildman–Crippen LogP) is 2.42. The number of carbonyl (C=O) groups is 1. The van der Waals surface area contributed by atoms with E-state index in [1.165, 1.54) is 0 Å². The minimum absolute atomic E-state index is 0.0291. The van der Waals surface area contributed by atoms with Crippen molar-refractivity contribution in [1.82, 2.24) is 10.3 Å². The summed E-state index contributed by atoms with van der Waals surface area (Å²) in [5.74, 6) is 0.178. The summed E-state index contributed by atoms with van der Waals surface area (Å²) in [5, 5.41) is 3.29. The first kappa shape index (κ1) is 12.8. The van der Waals surface area contributed by atoms with Crippen LogP contribution in [-0.4, -0.2) is 16.8 Å². The standard InChI is InChI=1S/C13H20N2O/c1-9(2)13(16)11-5-6-12(15-7-11)8-14-10(3)4/h5-7,9-10,14H,8H2,1-4H3. The van der Waals surface area contributed by atoms with Gasteiger partial charge in [-0.3, -0.25) is 9.78 Å². The molecule has 0 saturated carbocycles. The van der Waals surface area contributed by atoms with Crippen LogP contribution in [0.15, 0.2) is 18.3 Å². The van der Waals surface area contributed by atoms with Gasteiger partial charge in [-0.1, -0.05) is 27.7 Å². The molecule has 0 radical (unpaired) electrons. The van der Waals surface area contributed by atoms with Gasteiger partial charge in [0.25, 0.3) is 0 Å². The van der Waals surface area contributed by atoms with E-state index < -0.39 is 0 Å². The highest BCUT2D eigenvalue weighted by Crippen LogP contribution is 2.07. The van der Waals surface area contributed by atoms with E-state index in [2.05, 4.69) is 24.1 Å². The lowest BCUT2D eigenvalue weighted by Gasteiger charge is -2.08. The molecule has 88 valence electrons. The number of Topliss-reactive ketones (excluding diaryl/α,β-unsaturated/α-hetero) is 1. The van der Waals surface area contributed by atoms with Crippen molar-refractivity contribution in [3.63, 3.8) is 0 Å². The zero-order chi connectivity index (χ0) is 12.1. The lowest BCUT2D eigenvalue weighted by Crippen LogP contribution is -2.22. The number of nitrogens with one attached hydrogen (secondary N) is 1. The van der Waals surface area contributed by atoms with Crippen LogP contribution in [0.4, 0.5) is 0 Å². The molecule has 1 N–H and O–H groups in total. The first-order chi connectivity index (χ1) is 7.50. The molecular formula is C13H20N2O. The lowest BCUT2D eigenvalue weighted by atomic mass is 10.0. The van der Waals surface area contributed by atoms with Crippen LogP contribution in [0.2, 0.25) is 0 Å². The number of hydrogen-bond donors (Lipinski definition) is 1. The Kier molecular flexibility index (Phi) is 4.62. The minimum Gasteiger partial charge on any atom is -0.309 e. The number of carbonyl (C=O) groups excluding carboxylic acids is 1. The third-order valence-corrected chi connectivity index (χ3v) is 2.33. The van der Waals surface area contributed by atoms with Gasteiger partial charge in [0.15, 0.2) is 5.78 Å². The number of aromatic nitrogens is 1. The van der Waals surface area contributed by atoms with Crippen molar-refractivity contribution < 1.29 is 4.79 Å². The Morgan fingerprint density at radius 3 is 2.44 bits per heavy atom. The van der Waals surface area contributed by atoms with Gasteiger partial charge in [-0.2, -0.15) is 0 Å². The van der Waals surface area contributed by atoms with Crippen LogP contribution < -0.4 is 5.32 Å². The fourth-order valence-electron chi connectivity index (χ4n) is 1.32. The summed E-state index contributed by atoms with van der Waals surface area (Å²) in [6.45, 7) is 8.73. The number of ketones is 1. The first-order valence-electron chi connectivity index (χ1n) is 5.73. The molecule has 0 aliphatic rings. The van der Waals surface area contributed by atoms with E-state index in [1.54, 1.807) is 6.20 Å². The highest BCUT2D eigenvalue weighted by molar-refractivity contribution is 5.97. The summed E-state index contributed by atoms with van der Waals surface area (Å²) < 4.78 is 0. The molecule has 0 atom stereocenters. The van der Waals surface area contributed by atoms with Gasteiger partial charge < -0.3 is 5.32 Å². The highest BCUT2D eigenvalue weighted by atomic mass is 16.1. The molecule has 0 bridgehead atoms. The van der Waals surface area contributed by atoms with Gasteiger partial charge in [0.05, 0.1) is 5.69 Å². The number of rotatable bonds is 5. The monoisotopic (exact) mass is 220 g/mol. The molecule has 3 nitrogen and oxygen atoms in total. The smallest absolute Gasteiger partial charge is 0.166 e. The van der Waals surface area contributed by atoms with Crippen LogP contribution >= 0.6 is 0 Å². The summed E-state index contributed by atoms with van der Waals surface area (Å²) >= 11 is 0. The first-order valence-corrected chi connectivity index (χ1v) is 5.73. The Morgan fingerprint density at radius 2 is 2.00 bits per heavy atom. The fourth-order valence-corrected chi connectivity index (χ4v) is 1.32. The Labute approximate surface area is 97.3 Å². The molecule has 1 aromatic rings. The molecule has 1 aromatic heterocycles. The van der Waals surface area contributed by atoms with Gasteiger partial charge in [0.1, 0.15) is 0 Å². The molecule has 0 aliphatic carbocycles. The molecule has 0 aliphatic heterocycles. The van der Waals surface area contributed by atoms with Gasteiger partial charge in [-0.15, -0.1) is 0 Å². The van der Waals surface area contributed by atoms with Gasteiger partial charge in [-0.25, -0.2) is 0 Å². The Hall–Kier alpha value is -1.22. The maximum absolute atomic E-state index is 11.7. The van der Waals surface area contributed by atoms with Crippen LogP contribution in [0.25, 0.3) is 0 Å². The molecule has 0 amide bonds. The van der Waals surface area contributed by atoms with Gasteiger partial charge in [-0.05, 0) is 12.1 Å². The maximum Gasteiger partial charge on any atom is 0.166 e. The normalized spacial score (nSPS) is 11.1. The van der Waals surface area contributed by atoms with Crippen LogP contribution in [0.1, 0.15) is 43.7 Å². The molecule has 1 heterocycles. The molecule has 0 unspecified atom stereocenters. The van der Waals surface area contributed by atoms with Gasteiger partial charge in [0, 0.05) is 30.3 Å². The Bertz CT molecular complexity index is 341. The van der Waals surface area contributed by atoms with Crippen molar-refractivity contribution >= 4 is 5.78 Å². The molecule has 0 fully saturated rings. The van der Waals surface area contributed by atoms with Crippen molar-refractivity contribution in [1.29, 1.82) is 0 Å². The van der Waals surface area contributed by atoms with Gasteiger partial charge >= 0.3 is 0 Å². The Morgan fingerprint density at radius 1 is 1.31 bits per heavy atom. The SMILES string of the molecule is CC(C)NCc1ccc(C(=O)C(C)C)cn1. The fraction of sp³-hybridized carbons (Fsp3) is 0.538. The number of pyridine rings is 1. The Balaban J connectivity index is 2.64. The second-order valence-electron chi connectivity index (χ2n) is 4.59. The molecular weight excluding hydrogens is 200 g/mol. The molecule has 3 heteroatoms. The average molecular weight is 220 g/mol. The van der Waals surface area contributed by atoms with Crippen LogP contribution in [0, 0.1) is 5.92 Å². The summed E-state index contributed by atoms with van der Waals surface area (Å²) in [5.41, 5.74) is 1.66. The van der Waals surface area contributed by atoms with Crippen LogP contribution in [0.3, 0.4) is 0 Å². The van der Waals surface area contributed by atoms with E-state index in [9.17, 15) is 4.79 Å². The summed E-state index contributed by atoms with van der Waals surface area (Å²) in [6.07, 6.45) is 1.67. The summed E-state index contributed by atoms with van der Waals surface area (Å²) in [6, 6.07) is 4.20. The average Bonchev–Trinajstić information content (AvgIpc) is 2.26. The molecule has 0 aromatic carbocycles. The molecule has 16 heavy (non-hydrogen) atoms. The van der Waals surface area contributed by atoms with Crippen molar-refractivity contribution in [3.05, 3.63) is 29.6 Å². The number of nitrogens with zero attached hydrogens (tertiary/aromatic N) is 1. The van der Waals surface area contributed by atoms with E-state index >= 15 is 0 Å². The van der Waals surface area contributed by atoms with Gasteiger partial charge in [0.2, 0.25) is 0 Å². The maximum atomic E-state index is 11.7.